The molecule has 7 nitrogen and oxygen atoms in total. The van der Waals surface area contributed by atoms with Crippen LogP contribution in [0.2, 0.25) is 0 Å². The highest BCUT2D eigenvalue weighted by atomic mass is 19.1. The number of nitrogens with one attached hydrogen (secondary N) is 1. The molecule has 1 heterocycles. The molecule has 0 unspecified atom stereocenters. The first-order chi connectivity index (χ1) is 10.8. The quantitative estimate of drug-likeness (QED) is 0.515. The molecule has 1 aliphatic rings. The molecule has 2 rings (SSSR count). The minimum absolute atomic E-state index is 0.0425. The van der Waals surface area contributed by atoms with E-state index < -0.39 is 23.5 Å². The Morgan fingerprint density at radius 2 is 1.74 bits per heavy atom. The van der Waals surface area contributed by atoms with Gasteiger partial charge in [0.25, 0.3) is 5.79 Å². The molecule has 0 saturated carbocycles. The smallest absolute Gasteiger partial charge is 0.350 e. The molecule has 23 heavy (non-hydrogen) atoms. The van der Waals surface area contributed by atoms with E-state index >= 15 is 0 Å². The number of anilines is 1. The first-order valence-corrected chi connectivity index (χ1v) is 6.62. The maximum absolute atomic E-state index is 14.2. The second kappa shape index (κ2) is 6.15. The lowest BCUT2D eigenvalue weighted by molar-refractivity contribution is -0.222. The molecule has 0 aliphatic carbocycles. The number of hydrogen-bond donors (Lipinski definition) is 1. The lowest BCUT2D eigenvalue weighted by atomic mass is 10.2. The predicted molar refractivity (Wildman–Crippen MR) is 77.5 cm³/mol. The number of methoxy groups -OCH3 is 2. The molecule has 1 N–H and O–H groups in total. The number of ether oxygens (including phenoxy) is 4. The summed E-state index contributed by atoms with van der Waals surface area (Å²) in [7, 11) is 2.71. The van der Waals surface area contributed by atoms with E-state index in [-0.39, 0.29) is 17.0 Å². The normalized spacial score (nSPS) is 16.3. The molecular weight excluding hydrogens is 309 g/mol. The van der Waals surface area contributed by atoms with Crippen LogP contribution in [0.1, 0.15) is 13.8 Å². The fraction of sp³-hybridized carbons (Fsp3) is 0.333. The zero-order chi connectivity index (χ0) is 17.2. The van der Waals surface area contributed by atoms with E-state index in [0.29, 0.717) is 5.75 Å². The predicted octanol–water partition coefficient (Wildman–Crippen LogP) is 1.97. The van der Waals surface area contributed by atoms with Crippen molar-refractivity contribution in [2.45, 2.75) is 19.6 Å². The summed E-state index contributed by atoms with van der Waals surface area (Å²) in [5.41, 5.74) is -0.426. The third kappa shape index (κ3) is 3.53. The number of cyclic esters (lactones) is 2. The van der Waals surface area contributed by atoms with Crippen LogP contribution in [0, 0.1) is 5.82 Å². The van der Waals surface area contributed by atoms with Crippen molar-refractivity contribution in [2.24, 2.45) is 0 Å². The van der Waals surface area contributed by atoms with E-state index in [0.717, 1.165) is 6.20 Å². The Hall–Kier alpha value is -2.77. The highest BCUT2D eigenvalue weighted by Gasteiger charge is 2.39. The summed E-state index contributed by atoms with van der Waals surface area (Å²) < 4.78 is 33.9. The van der Waals surface area contributed by atoms with Gasteiger partial charge in [0, 0.05) is 32.2 Å². The molecule has 0 amide bonds. The molecule has 1 aromatic carbocycles. The van der Waals surface area contributed by atoms with Gasteiger partial charge in [-0.25, -0.2) is 14.0 Å². The van der Waals surface area contributed by atoms with E-state index in [2.05, 4.69) is 5.32 Å². The summed E-state index contributed by atoms with van der Waals surface area (Å²) in [5.74, 6) is -3.50. The zero-order valence-electron chi connectivity index (χ0n) is 13.1. The van der Waals surface area contributed by atoms with Crippen LogP contribution >= 0.6 is 0 Å². The van der Waals surface area contributed by atoms with Crippen molar-refractivity contribution in [3.8, 4) is 11.5 Å². The molecular formula is C15H16FNO6. The first kappa shape index (κ1) is 16.6. The summed E-state index contributed by atoms with van der Waals surface area (Å²) in [6.45, 7) is 2.86. The zero-order valence-corrected chi connectivity index (χ0v) is 13.1. The van der Waals surface area contributed by atoms with Crippen LogP contribution in [-0.2, 0) is 19.1 Å². The highest BCUT2D eigenvalue weighted by molar-refractivity contribution is 6.15. The van der Waals surface area contributed by atoms with Crippen molar-refractivity contribution in [3.05, 3.63) is 29.7 Å². The average Bonchev–Trinajstić information content (AvgIpc) is 2.46. The molecule has 1 saturated heterocycles. The third-order valence-electron chi connectivity index (χ3n) is 2.96. The molecule has 1 aliphatic heterocycles. The summed E-state index contributed by atoms with van der Waals surface area (Å²) in [4.78, 5) is 23.6. The van der Waals surface area contributed by atoms with Crippen molar-refractivity contribution in [2.75, 3.05) is 19.5 Å². The largest absolute Gasteiger partial charge is 0.497 e. The summed E-state index contributed by atoms with van der Waals surface area (Å²) >= 11 is 0. The Kier molecular flexibility index (Phi) is 4.44. The number of carbonyl (C=O) groups is 2. The standard InChI is InChI=1S/C15H16FNO6/c1-15(2)22-13(18)9(14(19)23-15)7-17-10-5-8(20-3)6-11(21-4)12(10)16/h5-7,17H,1-4H3. The van der Waals surface area contributed by atoms with Crippen molar-refractivity contribution in [1.82, 2.24) is 0 Å². The van der Waals surface area contributed by atoms with Gasteiger partial charge in [-0.3, -0.25) is 0 Å². The number of rotatable bonds is 4. The molecule has 0 atom stereocenters. The molecule has 8 heteroatoms. The number of hydrogen-bond acceptors (Lipinski definition) is 7. The molecule has 1 fully saturated rings. The number of esters is 2. The second-order valence-corrected chi connectivity index (χ2v) is 5.07. The van der Waals surface area contributed by atoms with E-state index in [9.17, 15) is 14.0 Å². The van der Waals surface area contributed by atoms with Gasteiger partial charge < -0.3 is 24.3 Å². The number of carbonyl (C=O) groups excluding carboxylic acids is 2. The first-order valence-electron chi connectivity index (χ1n) is 6.62. The molecule has 1 aromatic rings. The topological polar surface area (TPSA) is 83.1 Å². The Morgan fingerprint density at radius 3 is 2.26 bits per heavy atom. The van der Waals surface area contributed by atoms with Crippen molar-refractivity contribution < 1.29 is 32.9 Å². The Labute approximate surface area is 132 Å². The molecule has 0 aromatic heterocycles. The lowest BCUT2D eigenvalue weighted by Gasteiger charge is -2.29. The second-order valence-electron chi connectivity index (χ2n) is 5.07. The Bertz CT molecular complexity index is 661. The van der Waals surface area contributed by atoms with Crippen LogP contribution in [0.25, 0.3) is 0 Å². The van der Waals surface area contributed by atoms with Crippen LogP contribution in [0.5, 0.6) is 11.5 Å². The van der Waals surface area contributed by atoms with Gasteiger partial charge in [0.2, 0.25) is 0 Å². The minimum atomic E-state index is -1.34. The Balaban J connectivity index is 2.29. The van der Waals surface area contributed by atoms with Crippen LogP contribution < -0.4 is 14.8 Å². The van der Waals surface area contributed by atoms with Gasteiger partial charge in [-0.1, -0.05) is 0 Å². The Morgan fingerprint density at radius 1 is 1.13 bits per heavy atom. The number of halogens is 1. The van der Waals surface area contributed by atoms with E-state index in [1.807, 2.05) is 0 Å². The lowest BCUT2D eigenvalue weighted by Crippen LogP contribution is -2.42. The van der Waals surface area contributed by atoms with E-state index in [1.165, 1.54) is 40.2 Å². The summed E-state index contributed by atoms with van der Waals surface area (Å²) in [6, 6.07) is 2.71. The van der Waals surface area contributed by atoms with Crippen molar-refractivity contribution >= 4 is 17.6 Å². The van der Waals surface area contributed by atoms with Gasteiger partial charge in [0.05, 0.1) is 19.9 Å². The highest BCUT2D eigenvalue weighted by Crippen LogP contribution is 2.31. The van der Waals surface area contributed by atoms with Gasteiger partial charge >= 0.3 is 11.9 Å². The van der Waals surface area contributed by atoms with Gasteiger partial charge in [-0.05, 0) is 0 Å². The maximum Gasteiger partial charge on any atom is 0.350 e. The van der Waals surface area contributed by atoms with Crippen LogP contribution in [-0.4, -0.2) is 31.9 Å². The third-order valence-corrected chi connectivity index (χ3v) is 2.96. The van der Waals surface area contributed by atoms with Gasteiger partial charge in [0.1, 0.15) is 5.75 Å². The molecule has 0 radical (unpaired) electrons. The summed E-state index contributed by atoms with van der Waals surface area (Å²) in [5, 5.41) is 2.52. The molecule has 124 valence electrons. The van der Waals surface area contributed by atoms with Crippen molar-refractivity contribution in [3.63, 3.8) is 0 Å². The SMILES string of the molecule is COc1cc(NC=C2C(=O)OC(C)(C)OC2=O)c(F)c(OC)c1. The minimum Gasteiger partial charge on any atom is -0.497 e. The molecule has 0 bridgehead atoms. The maximum atomic E-state index is 14.2. The summed E-state index contributed by atoms with van der Waals surface area (Å²) in [6.07, 6.45) is 1.01. The van der Waals surface area contributed by atoms with E-state index in [4.69, 9.17) is 18.9 Å². The van der Waals surface area contributed by atoms with E-state index in [1.54, 1.807) is 0 Å². The fourth-order valence-electron chi connectivity index (χ4n) is 1.87. The molecule has 0 spiro atoms. The monoisotopic (exact) mass is 325 g/mol. The van der Waals surface area contributed by atoms with Gasteiger partial charge in [0.15, 0.2) is 17.1 Å². The van der Waals surface area contributed by atoms with Crippen LogP contribution in [0.15, 0.2) is 23.9 Å². The van der Waals surface area contributed by atoms with Crippen LogP contribution in [0.4, 0.5) is 10.1 Å². The van der Waals surface area contributed by atoms with Gasteiger partial charge in [-0.15, -0.1) is 0 Å². The average molecular weight is 325 g/mol. The van der Waals surface area contributed by atoms with Gasteiger partial charge in [-0.2, -0.15) is 0 Å². The van der Waals surface area contributed by atoms with Crippen molar-refractivity contribution in [1.29, 1.82) is 0 Å². The van der Waals surface area contributed by atoms with Crippen LogP contribution in [0.3, 0.4) is 0 Å². The number of benzene rings is 1. The fourth-order valence-corrected chi connectivity index (χ4v) is 1.87.